The van der Waals surface area contributed by atoms with Gasteiger partial charge in [-0.3, -0.25) is 14.4 Å². The molecule has 0 unspecified atom stereocenters. The van der Waals surface area contributed by atoms with Crippen LogP contribution in [0.5, 0.6) is 0 Å². The van der Waals surface area contributed by atoms with E-state index in [1.807, 2.05) is 0 Å². The van der Waals surface area contributed by atoms with Crippen LogP contribution in [-0.2, 0) is 14.4 Å². The van der Waals surface area contributed by atoms with Crippen molar-refractivity contribution in [1.82, 2.24) is 9.80 Å². The summed E-state index contributed by atoms with van der Waals surface area (Å²) in [5, 5.41) is 8.47. The highest BCUT2D eigenvalue weighted by atomic mass is 16.4. The highest BCUT2D eigenvalue weighted by Crippen LogP contribution is 1.97. The summed E-state index contributed by atoms with van der Waals surface area (Å²) in [5.74, 6) is -1.30. The van der Waals surface area contributed by atoms with E-state index in [0.717, 1.165) is 4.90 Å². The van der Waals surface area contributed by atoms with Crippen molar-refractivity contribution >= 4 is 17.8 Å². The zero-order chi connectivity index (χ0) is 12.7. The normalized spacial score (nSPS) is 9.69. The van der Waals surface area contributed by atoms with Crippen molar-refractivity contribution in [2.24, 2.45) is 0 Å². The molecular weight excluding hydrogens is 212 g/mol. The van der Waals surface area contributed by atoms with E-state index in [-0.39, 0.29) is 24.8 Å². The van der Waals surface area contributed by atoms with E-state index in [0.29, 0.717) is 13.0 Å². The SMILES string of the molecule is CC(=O)N(C)CCCC(=O)N(C)CC(=O)O. The van der Waals surface area contributed by atoms with Gasteiger partial charge >= 0.3 is 5.97 Å². The van der Waals surface area contributed by atoms with Crippen molar-refractivity contribution in [1.29, 1.82) is 0 Å². The molecule has 2 amide bonds. The molecule has 0 aliphatic carbocycles. The fraction of sp³-hybridized carbons (Fsp3) is 0.700. The number of carbonyl (C=O) groups is 3. The Kier molecular flexibility index (Phi) is 6.14. The van der Waals surface area contributed by atoms with Gasteiger partial charge in [0, 0.05) is 34.0 Å². The number of hydrogen-bond acceptors (Lipinski definition) is 3. The summed E-state index contributed by atoms with van der Waals surface area (Å²) in [6, 6.07) is 0. The van der Waals surface area contributed by atoms with Crippen LogP contribution in [0.4, 0.5) is 0 Å². The minimum absolute atomic E-state index is 0.0497. The van der Waals surface area contributed by atoms with Gasteiger partial charge in [-0.1, -0.05) is 0 Å². The molecule has 0 spiro atoms. The standard InChI is InChI=1S/C10H18N2O4/c1-8(13)11(2)6-4-5-9(14)12(3)7-10(15)16/h4-7H2,1-3H3,(H,15,16). The van der Waals surface area contributed by atoms with Gasteiger partial charge in [-0.15, -0.1) is 0 Å². The van der Waals surface area contributed by atoms with Gasteiger partial charge in [0.1, 0.15) is 6.54 Å². The molecule has 0 aliphatic heterocycles. The summed E-state index contributed by atoms with van der Waals surface area (Å²) in [6.07, 6.45) is 0.792. The largest absolute Gasteiger partial charge is 0.480 e. The summed E-state index contributed by atoms with van der Waals surface area (Å²) >= 11 is 0. The maximum Gasteiger partial charge on any atom is 0.323 e. The first-order chi connectivity index (χ1) is 7.34. The molecule has 0 fully saturated rings. The van der Waals surface area contributed by atoms with Gasteiger partial charge in [-0.25, -0.2) is 0 Å². The molecular formula is C10H18N2O4. The number of carboxylic acids is 1. The Morgan fingerprint density at radius 1 is 1.12 bits per heavy atom. The second-order valence-electron chi connectivity index (χ2n) is 3.69. The number of amides is 2. The van der Waals surface area contributed by atoms with Gasteiger partial charge in [0.05, 0.1) is 0 Å². The number of aliphatic carboxylic acids is 1. The first-order valence-electron chi connectivity index (χ1n) is 5.02. The molecule has 0 saturated heterocycles. The van der Waals surface area contributed by atoms with E-state index in [2.05, 4.69) is 0 Å². The average Bonchev–Trinajstić information content (AvgIpc) is 2.15. The monoisotopic (exact) mass is 230 g/mol. The van der Waals surface area contributed by atoms with Gasteiger partial charge < -0.3 is 14.9 Å². The molecule has 6 heteroatoms. The summed E-state index contributed by atoms with van der Waals surface area (Å²) in [7, 11) is 3.11. The van der Waals surface area contributed by atoms with Crippen molar-refractivity contribution in [3.05, 3.63) is 0 Å². The molecule has 0 radical (unpaired) electrons. The Morgan fingerprint density at radius 2 is 1.69 bits per heavy atom. The third-order valence-electron chi connectivity index (χ3n) is 2.22. The lowest BCUT2D eigenvalue weighted by molar-refractivity contribution is -0.143. The van der Waals surface area contributed by atoms with Crippen LogP contribution in [0.2, 0.25) is 0 Å². The molecule has 0 aromatic heterocycles. The highest BCUT2D eigenvalue weighted by Gasteiger charge is 2.12. The molecule has 0 rings (SSSR count). The number of nitrogens with zero attached hydrogens (tertiary/aromatic N) is 2. The first-order valence-corrected chi connectivity index (χ1v) is 5.02. The average molecular weight is 230 g/mol. The zero-order valence-corrected chi connectivity index (χ0v) is 9.89. The van der Waals surface area contributed by atoms with Crippen LogP contribution in [0, 0.1) is 0 Å². The molecule has 0 aromatic rings. The van der Waals surface area contributed by atoms with Gasteiger partial charge in [-0.2, -0.15) is 0 Å². The maximum absolute atomic E-state index is 11.4. The lowest BCUT2D eigenvalue weighted by Crippen LogP contribution is -2.32. The number of carbonyl (C=O) groups excluding carboxylic acids is 2. The molecule has 0 bridgehead atoms. The molecule has 0 heterocycles. The maximum atomic E-state index is 11.4. The summed E-state index contributed by atoms with van der Waals surface area (Å²) in [5.41, 5.74) is 0. The quantitative estimate of drug-likeness (QED) is 0.684. The number of likely N-dealkylation sites (N-methyl/N-ethyl adjacent to an activating group) is 1. The predicted molar refractivity (Wildman–Crippen MR) is 57.8 cm³/mol. The number of rotatable bonds is 6. The summed E-state index contributed by atoms with van der Waals surface area (Å²) in [6.45, 7) is 1.67. The fourth-order valence-electron chi connectivity index (χ4n) is 1.11. The van der Waals surface area contributed by atoms with Crippen molar-refractivity contribution in [2.75, 3.05) is 27.2 Å². The first kappa shape index (κ1) is 14.4. The minimum atomic E-state index is -1.03. The lowest BCUT2D eigenvalue weighted by atomic mass is 10.2. The van der Waals surface area contributed by atoms with Gasteiger partial charge in [0.2, 0.25) is 11.8 Å². The van der Waals surface area contributed by atoms with E-state index in [1.165, 1.54) is 18.9 Å². The Labute approximate surface area is 94.8 Å². The van der Waals surface area contributed by atoms with Crippen LogP contribution < -0.4 is 0 Å². The van der Waals surface area contributed by atoms with Crippen LogP contribution in [-0.4, -0.2) is 59.9 Å². The summed E-state index contributed by atoms with van der Waals surface area (Å²) < 4.78 is 0. The zero-order valence-electron chi connectivity index (χ0n) is 9.89. The van der Waals surface area contributed by atoms with Crippen molar-refractivity contribution < 1.29 is 19.5 Å². The topological polar surface area (TPSA) is 77.9 Å². The van der Waals surface area contributed by atoms with Gasteiger partial charge in [0.15, 0.2) is 0 Å². The molecule has 6 nitrogen and oxygen atoms in total. The van der Waals surface area contributed by atoms with Crippen LogP contribution >= 0.6 is 0 Å². The van der Waals surface area contributed by atoms with Gasteiger partial charge in [-0.05, 0) is 6.42 Å². The van der Waals surface area contributed by atoms with Crippen molar-refractivity contribution in [3.8, 4) is 0 Å². The molecule has 16 heavy (non-hydrogen) atoms. The number of hydrogen-bond donors (Lipinski definition) is 1. The predicted octanol–water partition coefficient (Wildman–Crippen LogP) is -0.212. The molecule has 1 N–H and O–H groups in total. The molecule has 0 atom stereocenters. The van der Waals surface area contributed by atoms with Crippen LogP contribution in [0.15, 0.2) is 0 Å². The Morgan fingerprint density at radius 3 is 2.12 bits per heavy atom. The smallest absolute Gasteiger partial charge is 0.323 e. The van der Waals surface area contributed by atoms with E-state index in [4.69, 9.17) is 5.11 Å². The van der Waals surface area contributed by atoms with E-state index < -0.39 is 5.97 Å². The third-order valence-corrected chi connectivity index (χ3v) is 2.22. The highest BCUT2D eigenvalue weighted by molar-refractivity contribution is 5.81. The van der Waals surface area contributed by atoms with Crippen LogP contribution in [0.25, 0.3) is 0 Å². The fourth-order valence-corrected chi connectivity index (χ4v) is 1.11. The van der Waals surface area contributed by atoms with Crippen molar-refractivity contribution in [2.45, 2.75) is 19.8 Å². The van der Waals surface area contributed by atoms with E-state index >= 15 is 0 Å². The number of carboxylic acid groups (broad SMARTS) is 1. The van der Waals surface area contributed by atoms with Crippen LogP contribution in [0.3, 0.4) is 0 Å². The second kappa shape index (κ2) is 6.81. The molecule has 0 aromatic carbocycles. The third kappa shape index (κ3) is 6.00. The second-order valence-corrected chi connectivity index (χ2v) is 3.69. The minimum Gasteiger partial charge on any atom is -0.480 e. The van der Waals surface area contributed by atoms with Crippen molar-refractivity contribution in [3.63, 3.8) is 0 Å². The Hall–Kier alpha value is -1.59. The molecule has 0 saturated carbocycles. The van der Waals surface area contributed by atoms with Crippen LogP contribution in [0.1, 0.15) is 19.8 Å². The van der Waals surface area contributed by atoms with Gasteiger partial charge in [0.25, 0.3) is 0 Å². The molecule has 0 aliphatic rings. The van der Waals surface area contributed by atoms with E-state index in [9.17, 15) is 14.4 Å². The van der Waals surface area contributed by atoms with E-state index in [1.54, 1.807) is 7.05 Å². The molecule has 92 valence electrons. The Bertz CT molecular complexity index is 278. The Balaban J connectivity index is 3.81. The lowest BCUT2D eigenvalue weighted by Gasteiger charge is -2.17. The summed E-state index contributed by atoms with van der Waals surface area (Å²) in [4.78, 5) is 35.3.